The molecule has 0 amide bonds. The Morgan fingerprint density at radius 2 is 2.15 bits per heavy atom. The summed E-state index contributed by atoms with van der Waals surface area (Å²) in [6.07, 6.45) is 4.01. The average molecular weight is 184 g/mol. The molecule has 78 valence electrons. The fourth-order valence-electron chi connectivity index (χ4n) is 2.05. The van der Waals surface area contributed by atoms with Crippen LogP contribution in [0, 0.1) is 5.92 Å². The van der Waals surface area contributed by atoms with E-state index in [1.807, 2.05) is 0 Å². The second-order valence-corrected chi connectivity index (χ2v) is 4.49. The van der Waals surface area contributed by atoms with Crippen molar-refractivity contribution in [2.24, 2.45) is 5.92 Å². The van der Waals surface area contributed by atoms with Crippen LogP contribution in [0.1, 0.15) is 33.1 Å². The van der Waals surface area contributed by atoms with E-state index in [-0.39, 0.29) is 0 Å². The van der Waals surface area contributed by atoms with E-state index in [4.69, 9.17) is 0 Å². The largest absolute Gasteiger partial charge is 0.315 e. The van der Waals surface area contributed by atoms with Crippen LogP contribution >= 0.6 is 0 Å². The van der Waals surface area contributed by atoms with Gasteiger partial charge in [-0.05, 0) is 38.9 Å². The Balaban J connectivity index is 2.24. The Bertz CT molecular complexity index is 136. The summed E-state index contributed by atoms with van der Waals surface area (Å²) in [4.78, 5) is 2.52. The predicted molar refractivity (Wildman–Crippen MR) is 58.0 cm³/mol. The van der Waals surface area contributed by atoms with Crippen LogP contribution in [-0.2, 0) is 0 Å². The van der Waals surface area contributed by atoms with Crippen LogP contribution in [0.2, 0.25) is 0 Å². The van der Waals surface area contributed by atoms with Crippen molar-refractivity contribution in [3.63, 3.8) is 0 Å². The number of likely N-dealkylation sites (N-methyl/N-ethyl adjacent to an activating group) is 1. The lowest BCUT2D eigenvalue weighted by Gasteiger charge is -2.34. The van der Waals surface area contributed by atoms with Crippen molar-refractivity contribution in [2.75, 3.05) is 26.7 Å². The third-order valence-electron chi connectivity index (χ3n) is 3.03. The summed E-state index contributed by atoms with van der Waals surface area (Å²) < 4.78 is 0. The van der Waals surface area contributed by atoms with Crippen molar-refractivity contribution in [3.05, 3.63) is 0 Å². The van der Waals surface area contributed by atoms with E-state index in [9.17, 15) is 0 Å². The summed E-state index contributed by atoms with van der Waals surface area (Å²) in [6.45, 7) is 8.25. The van der Waals surface area contributed by atoms with Crippen LogP contribution in [0.3, 0.4) is 0 Å². The van der Waals surface area contributed by atoms with E-state index in [1.165, 1.54) is 38.9 Å². The van der Waals surface area contributed by atoms with Crippen molar-refractivity contribution in [1.82, 2.24) is 10.2 Å². The quantitative estimate of drug-likeness (QED) is 0.715. The molecule has 1 fully saturated rings. The van der Waals surface area contributed by atoms with Crippen molar-refractivity contribution in [3.8, 4) is 0 Å². The van der Waals surface area contributed by atoms with Crippen molar-refractivity contribution in [2.45, 2.75) is 39.2 Å². The van der Waals surface area contributed by atoms with Crippen LogP contribution in [0.5, 0.6) is 0 Å². The molecule has 0 aromatic carbocycles. The molecule has 1 saturated heterocycles. The molecule has 1 aliphatic heterocycles. The van der Waals surface area contributed by atoms with Crippen molar-refractivity contribution >= 4 is 0 Å². The summed E-state index contributed by atoms with van der Waals surface area (Å²) in [7, 11) is 2.26. The monoisotopic (exact) mass is 184 g/mol. The topological polar surface area (TPSA) is 15.3 Å². The number of rotatable bonds is 4. The minimum Gasteiger partial charge on any atom is -0.315 e. The summed E-state index contributed by atoms with van der Waals surface area (Å²) in [6, 6.07) is 0.773. The molecular formula is C11H24N2. The highest BCUT2D eigenvalue weighted by Crippen LogP contribution is 2.14. The zero-order valence-electron chi connectivity index (χ0n) is 9.34. The first-order valence-electron chi connectivity index (χ1n) is 5.65. The number of nitrogens with zero attached hydrogens (tertiary/aromatic N) is 1. The first-order valence-corrected chi connectivity index (χ1v) is 5.65. The minimum atomic E-state index is 0.773. The molecule has 2 heteroatoms. The number of unbranched alkanes of at least 4 members (excludes halogenated alkanes) is 1. The molecule has 13 heavy (non-hydrogen) atoms. The van der Waals surface area contributed by atoms with Gasteiger partial charge in [0.2, 0.25) is 0 Å². The lowest BCUT2D eigenvalue weighted by atomic mass is 9.96. The molecule has 0 bridgehead atoms. The second-order valence-electron chi connectivity index (χ2n) is 4.49. The maximum Gasteiger partial charge on any atom is 0.0220 e. The van der Waals surface area contributed by atoms with E-state index in [0.717, 1.165) is 12.0 Å². The molecule has 0 aliphatic carbocycles. The van der Waals surface area contributed by atoms with Gasteiger partial charge >= 0.3 is 0 Å². The summed E-state index contributed by atoms with van der Waals surface area (Å²) in [5.74, 6) is 0.850. The van der Waals surface area contributed by atoms with E-state index >= 15 is 0 Å². The highest BCUT2D eigenvalue weighted by Gasteiger charge is 2.21. The average Bonchev–Trinajstić information content (AvgIpc) is 2.14. The van der Waals surface area contributed by atoms with Gasteiger partial charge in [-0.15, -0.1) is 0 Å². The van der Waals surface area contributed by atoms with Crippen LogP contribution in [0.4, 0.5) is 0 Å². The van der Waals surface area contributed by atoms with E-state index < -0.39 is 0 Å². The van der Waals surface area contributed by atoms with Gasteiger partial charge in [-0.25, -0.2) is 0 Å². The van der Waals surface area contributed by atoms with Gasteiger partial charge in [0.1, 0.15) is 0 Å². The highest BCUT2D eigenvalue weighted by atomic mass is 15.2. The normalized spacial score (nSPS) is 29.5. The van der Waals surface area contributed by atoms with Crippen molar-refractivity contribution in [1.29, 1.82) is 0 Å². The van der Waals surface area contributed by atoms with Gasteiger partial charge in [0.25, 0.3) is 0 Å². The Kier molecular flexibility index (Phi) is 4.74. The molecule has 2 nitrogen and oxygen atoms in total. The van der Waals surface area contributed by atoms with E-state index in [2.05, 4.69) is 31.1 Å². The molecule has 1 rings (SSSR count). The smallest absolute Gasteiger partial charge is 0.0220 e. The zero-order valence-corrected chi connectivity index (χ0v) is 9.34. The number of piperidine rings is 1. The molecule has 2 unspecified atom stereocenters. The van der Waals surface area contributed by atoms with Gasteiger partial charge in [-0.1, -0.05) is 20.3 Å². The Labute approximate surface area is 82.7 Å². The lowest BCUT2D eigenvalue weighted by molar-refractivity contribution is 0.175. The standard InChI is InChI=1S/C11H24N2/c1-4-5-6-13(3)11-7-10(2)8-12-9-11/h10-12H,4-9H2,1-3H3. The third kappa shape index (κ3) is 3.65. The fraction of sp³-hybridized carbons (Fsp3) is 1.00. The fourth-order valence-corrected chi connectivity index (χ4v) is 2.05. The Morgan fingerprint density at radius 1 is 1.38 bits per heavy atom. The minimum absolute atomic E-state index is 0.773. The highest BCUT2D eigenvalue weighted by molar-refractivity contribution is 4.79. The molecule has 0 aromatic heterocycles. The molecule has 1 N–H and O–H groups in total. The molecule has 1 heterocycles. The third-order valence-corrected chi connectivity index (χ3v) is 3.03. The van der Waals surface area contributed by atoms with Crippen LogP contribution in [0.15, 0.2) is 0 Å². The molecule has 0 saturated carbocycles. The Morgan fingerprint density at radius 3 is 2.77 bits per heavy atom. The number of hydrogen-bond donors (Lipinski definition) is 1. The first-order chi connectivity index (χ1) is 6.24. The predicted octanol–water partition coefficient (Wildman–Crippen LogP) is 1.72. The summed E-state index contributed by atoms with van der Waals surface area (Å²) in [5.41, 5.74) is 0. The molecular weight excluding hydrogens is 160 g/mol. The van der Waals surface area contributed by atoms with Gasteiger partial charge in [0.15, 0.2) is 0 Å². The molecule has 0 aromatic rings. The SMILES string of the molecule is CCCCN(C)C1CNCC(C)C1. The molecule has 0 spiro atoms. The van der Waals surface area contributed by atoms with Crippen LogP contribution in [-0.4, -0.2) is 37.6 Å². The van der Waals surface area contributed by atoms with Gasteiger partial charge in [-0.2, -0.15) is 0 Å². The first kappa shape index (κ1) is 11.0. The van der Waals surface area contributed by atoms with Gasteiger partial charge in [-0.3, -0.25) is 0 Å². The zero-order chi connectivity index (χ0) is 9.68. The summed E-state index contributed by atoms with van der Waals surface area (Å²) >= 11 is 0. The summed E-state index contributed by atoms with van der Waals surface area (Å²) in [5, 5.41) is 3.50. The van der Waals surface area contributed by atoms with Gasteiger partial charge in [0, 0.05) is 12.6 Å². The maximum atomic E-state index is 3.50. The molecule has 1 aliphatic rings. The molecule has 2 atom stereocenters. The van der Waals surface area contributed by atoms with E-state index in [0.29, 0.717) is 0 Å². The maximum absolute atomic E-state index is 3.50. The number of nitrogens with one attached hydrogen (secondary N) is 1. The number of hydrogen-bond acceptors (Lipinski definition) is 2. The Hall–Kier alpha value is -0.0800. The van der Waals surface area contributed by atoms with E-state index in [1.54, 1.807) is 0 Å². The van der Waals surface area contributed by atoms with Crippen LogP contribution < -0.4 is 5.32 Å². The molecule has 0 radical (unpaired) electrons. The van der Waals surface area contributed by atoms with Gasteiger partial charge < -0.3 is 10.2 Å². The lowest BCUT2D eigenvalue weighted by Crippen LogP contribution is -2.47. The van der Waals surface area contributed by atoms with Gasteiger partial charge in [0.05, 0.1) is 0 Å². The van der Waals surface area contributed by atoms with Crippen molar-refractivity contribution < 1.29 is 0 Å². The van der Waals surface area contributed by atoms with Crippen LogP contribution in [0.25, 0.3) is 0 Å². The second kappa shape index (κ2) is 5.61.